The van der Waals surface area contributed by atoms with Crippen molar-refractivity contribution in [3.63, 3.8) is 0 Å². The van der Waals surface area contributed by atoms with E-state index >= 15 is 0 Å². The third kappa shape index (κ3) is 6.72. The lowest BCUT2D eigenvalue weighted by molar-refractivity contribution is -0.122. The zero-order valence-corrected chi connectivity index (χ0v) is 18.7. The van der Waals surface area contributed by atoms with Gasteiger partial charge < -0.3 is 10.1 Å². The number of hydrogen-bond acceptors (Lipinski definition) is 7. The van der Waals surface area contributed by atoms with Gasteiger partial charge >= 0.3 is 0 Å². The van der Waals surface area contributed by atoms with Gasteiger partial charge in [-0.15, -0.1) is 0 Å². The van der Waals surface area contributed by atoms with Crippen LogP contribution < -0.4 is 14.8 Å². The second kappa shape index (κ2) is 10.3. The second-order valence-electron chi connectivity index (χ2n) is 6.65. The third-order valence-electron chi connectivity index (χ3n) is 4.32. The van der Waals surface area contributed by atoms with Crippen LogP contribution in [0.25, 0.3) is 0 Å². The van der Waals surface area contributed by atoms with Crippen LogP contribution in [0.4, 0.5) is 5.69 Å². The minimum atomic E-state index is -3.72. The fourth-order valence-corrected chi connectivity index (χ4v) is 4.22. The molecule has 3 rings (SSSR count). The van der Waals surface area contributed by atoms with Gasteiger partial charge in [0.2, 0.25) is 0 Å². The molecule has 3 N–H and O–H groups in total. The monoisotopic (exact) mass is 461 g/mol. The zero-order chi connectivity index (χ0) is 22.3. The minimum absolute atomic E-state index is 0.104. The van der Waals surface area contributed by atoms with E-state index in [4.69, 9.17) is 4.74 Å². The van der Waals surface area contributed by atoms with Crippen molar-refractivity contribution in [1.29, 1.82) is 0 Å². The van der Waals surface area contributed by atoms with Gasteiger partial charge in [0, 0.05) is 18.0 Å². The number of rotatable bonds is 10. The molecule has 0 saturated carbocycles. The van der Waals surface area contributed by atoms with Gasteiger partial charge in [-0.05, 0) is 61.4 Å². The topological polar surface area (TPSA) is 126 Å². The Morgan fingerprint density at radius 2 is 1.90 bits per heavy atom. The van der Waals surface area contributed by atoms with Crippen molar-refractivity contribution in [2.75, 3.05) is 23.6 Å². The number of nitrogens with zero attached hydrogens (tertiary/aromatic N) is 2. The van der Waals surface area contributed by atoms with Crippen LogP contribution >= 0.6 is 11.8 Å². The predicted molar refractivity (Wildman–Crippen MR) is 119 cm³/mol. The standard InChI is InChI=1S/C20H23N5O4S2/c1-14-3-4-16(11-15(14)2)25-31(27,28)18-7-5-17(6-8-18)29-12-19(26)21-9-10-30-20-22-13-23-24-20/h3-8,11,13,25H,9-10,12H2,1-2H3,(H,21,26)(H,22,23,24). The number of carbonyl (C=O) groups excluding carboxylic acids is 1. The van der Waals surface area contributed by atoms with E-state index in [9.17, 15) is 13.2 Å². The number of anilines is 1. The highest BCUT2D eigenvalue weighted by atomic mass is 32.2. The Bertz CT molecular complexity index is 1120. The number of ether oxygens (including phenoxy) is 1. The number of aryl methyl sites for hydroxylation is 2. The number of carbonyl (C=O) groups is 1. The molecule has 1 aromatic heterocycles. The van der Waals surface area contributed by atoms with E-state index in [1.807, 2.05) is 19.9 Å². The third-order valence-corrected chi connectivity index (χ3v) is 6.59. The number of benzene rings is 2. The molecule has 1 heterocycles. The van der Waals surface area contributed by atoms with Gasteiger partial charge in [0.15, 0.2) is 11.8 Å². The molecule has 3 aromatic rings. The van der Waals surface area contributed by atoms with E-state index in [0.29, 0.717) is 28.9 Å². The summed E-state index contributed by atoms with van der Waals surface area (Å²) in [5.41, 5.74) is 2.59. The lowest BCUT2D eigenvalue weighted by atomic mass is 10.1. The van der Waals surface area contributed by atoms with Crippen molar-refractivity contribution >= 4 is 33.4 Å². The molecule has 0 saturated heterocycles. The van der Waals surface area contributed by atoms with E-state index in [0.717, 1.165) is 11.1 Å². The van der Waals surface area contributed by atoms with Crippen LogP contribution in [0.15, 0.2) is 58.8 Å². The molecule has 0 radical (unpaired) electrons. The van der Waals surface area contributed by atoms with Crippen LogP contribution in [0.1, 0.15) is 11.1 Å². The Kier molecular flexibility index (Phi) is 7.53. The maximum atomic E-state index is 12.6. The fourth-order valence-electron chi connectivity index (χ4n) is 2.54. The number of thioether (sulfide) groups is 1. The average Bonchev–Trinajstić information content (AvgIpc) is 3.26. The van der Waals surface area contributed by atoms with Gasteiger partial charge in [0.05, 0.1) is 4.90 Å². The predicted octanol–water partition coefficient (Wildman–Crippen LogP) is 2.51. The van der Waals surface area contributed by atoms with Gasteiger partial charge in [0.1, 0.15) is 12.1 Å². The molecule has 164 valence electrons. The highest BCUT2D eigenvalue weighted by molar-refractivity contribution is 7.99. The van der Waals surface area contributed by atoms with Crippen LogP contribution in [0.5, 0.6) is 5.75 Å². The van der Waals surface area contributed by atoms with E-state index in [1.165, 1.54) is 42.4 Å². The van der Waals surface area contributed by atoms with Crippen LogP contribution in [0, 0.1) is 13.8 Å². The summed E-state index contributed by atoms with van der Waals surface area (Å²) in [5.74, 6) is 0.767. The number of hydrogen-bond donors (Lipinski definition) is 3. The highest BCUT2D eigenvalue weighted by Gasteiger charge is 2.15. The summed E-state index contributed by atoms with van der Waals surface area (Å²) in [7, 11) is -3.72. The molecule has 0 unspecified atom stereocenters. The Hall–Kier alpha value is -3.05. The summed E-state index contributed by atoms with van der Waals surface area (Å²) in [6.45, 7) is 4.17. The van der Waals surface area contributed by atoms with E-state index < -0.39 is 10.0 Å². The van der Waals surface area contributed by atoms with Gasteiger partial charge in [0.25, 0.3) is 15.9 Å². The molecule has 11 heteroatoms. The maximum Gasteiger partial charge on any atom is 0.261 e. The molecule has 0 fully saturated rings. The molecular weight excluding hydrogens is 438 g/mol. The Morgan fingerprint density at radius 1 is 1.13 bits per heavy atom. The SMILES string of the molecule is Cc1ccc(NS(=O)(=O)c2ccc(OCC(=O)NCCSc3ncn[nH]3)cc2)cc1C. The highest BCUT2D eigenvalue weighted by Crippen LogP contribution is 2.21. The van der Waals surface area contributed by atoms with Crippen LogP contribution in [0.3, 0.4) is 0 Å². The molecule has 0 aliphatic heterocycles. The summed E-state index contributed by atoms with van der Waals surface area (Å²) in [4.78, 5) is 16.0. The number of sulfonamides is 1. The molecule has 2 aromatic carbocycles. The summed E-state index contributed by atoms with van der Waals surface area (Å²) in [6.07, 6.45) is 1.42. The van der Waals surface area contributed by atoms with Crippen molar-refractivity contribution in [3.8, 4) is 5.75 Å². The largest absolute Gasteiger partial charge is 0.484 e. The number of amides is 1. The van der Waals surface area contributed by atoms with E-state index in [2.05, 4.69) is 25.2 Å². The smallest absolute Gasteiger partial charge is 0.261 e. The fraction of sp³-hybridized carbons (Fsp3) is 0.250. The number of aromatic nitrogens is 3. The quantitative estimate of drug-likeness (QED) is 0.313. The molecule has 9 nitrogen and oxygen atoms in total. The summed E-state index contributed by atoms with van der Waals surface area (Å²) in [6, 6.07) is 11.3. The summed E-state index contributed by atoms with van der Waals surface area (Å²) < 4.78 is 33.1. The zero-order valence-electron chi connectivity index (χ0n) is 17.1. The van der Waals surface area contributed by atoms with Gasteiger partial charge in [-0.1, -0.05) is 17.8 Å². The van der Waals surface area contributed by atoms with Crippen molar-refractivity contribution in [3.05, 3.63) is 59.9 Å². The van der Waals surface area contributed by atoms with Crippen LogP contribution in [0.2, 0.25) is 0 Å². The van der Waals surface area contributed by atoms with E-state index in [-0.39, 0.29) is 17.4 Å². The first-order valence-corrected chi connectivity index (χ1v) is 11.9. The van der Waals surface area contributed by atoms with Gasteiger partial charge in [-0.3, -0.25) is 14.6 Å². The first-order valence-electron chi connectivity index (χ1n) is 9.41. The number of aromatic amines is 1. The lowest BCUT2D eigenvalue weighted by Crippen LogP contribution is -2.30. The molecule has 1 amide bonds. The Balaban J connectivity index is 1.46. The van der Waals surface area contributed by atoms with Crippen molar-refractivity contribution < 1.29 is 17.9 Å². The maximum absolute atomic E-state index is 12.6. The van der Waals surface area contributed by atoms with E-state index in [1.54, 1.807) is 12.1 Å². The Morgan fingerprint density at radius 3 is 2.58 bits per heavy atom. The van der Waals surface area contributed by atoms with Crippen LogP contribution in [-0.4, -0.2) is 48.4 Å². The number of H-pyrrole nitrogens is 1. The van der Waals surface area contributed by atoms with Gasteiger partial charge in [-0.25, -0.2) is 13.4 Å². The summed E-state index contributed by atoms with van der Waals surface area (Å²) >= 11 is 1.44. The van der Waals surface area contributed by atoms with Crippen molar-refractivity contribution in [2.24, 2.45) is 0 Å². The molecule has 0 spiro atoms. The molecule has 0 bridgehead atoms. The van der Waals surface area contributed by atoms with Crippen molar-refractivity contribution in [1.82, 2.24) is 20.5 Å². The van der Waals surface area contributed by atoms with Gasteiger partial charge in [-0.2, -0.15) is 5.10 Å². The molecule has 31 heavy (non-hydrogen) atoms. The molecule has 0 aliphatic rings. The van der Waals surface area contributed by atoms with Crippen LogP contribution in [-0.2, 0) is 14.8 Å². The Labute approximate surface area is 185 Å². The first kappa shape index (κ1) is 22.6. The molecule has 0 aliphatic carbocycles. The summed E-state index contributed by atoms with van der Waals surface area (Å²) in [5, 5.41) is 9.89. The number of nitrogens with one attached hydrogen (secondary N) is 3. The second-order valence-corrected chi connectivity index (χ2v) is 9.42. The van der Waals surface area contributed by atoms with Crippen molar-refractivity contribution in [2.45, 2.75) is 23.9 Å². The first-order chi connectivity index (χ1) is 14.8. The minimum Gasteiger partial charge on any atom is -0.484 e. The normalized spacial score (nSPS) is 11.2. The molecule has 0 atom stereocenters. The average molecular weight is 462 g/mol. The lowest BCUT2D eigenvalue weighted by Gasteiger charge is -2.11. The molecular formula is C20H23N5O4S2.